The summed E-state index contributed by atoms with van der Waals surface area (Å²) in [5.74, 6) is 0.684. The zero-order valence-corrected chi connectivity index (χ0v) is 13.1. The molecule has 2 aromatic rings. The number of carbonyl (C=O) groups excluding carboxylic acids is 1. The molecule has 1 fully saturated rings. The Morgan fingerprint density at radius 1 is 1.09 bits per heavy atom. The quantitative estimate of drug-likeness (QED) is 0.619. The van der Waals surface area contributed by atoms with Gasteiger partial charge in [0.2, 0.25) is 5.91 Å². The van der Waals surface area contributed by atoms with Crippen LogP contribution in [0.5, 0.6) is 5.75 Å². The molecule has 2 atom stereocenters. The van der Waals surface area contributed by atoms with Crippen LogP contribution in [0.4, 0.5) is 5.69 Å². The smallest absolute Gasteiger partial charge is 0.236 e. The van der Waals surface area contributed by atoms with E-state index in [0.29, 0.717) is 0 Å². The molecule has 1 heterocycles. The van der Waals surface area contributed by atoms with Gasteiger partial charge in [0, 0.05) is 5.69 Å². The molecule has 0 bridgehead atoms. The van der Waals surface area contributed by atoms with Crippen LogP contribution in [0.3, 0.4) is 0 Å². The fourth-order valence-electron chi connectivity index (χ4n) is 2.79. The Kier molecular flexibility index (Phi) is 4.29. The molecule has 0 saturated carbocycles. The molecule has 3 heteroatoms. The van der Waals surface area contributed by atoms with Crippen molar-refractivity contribution in [1.29, 1.82) is 0 Å². The van der Waals surface area contributed by atoms with Crippen molar-refractivity contribution in [3.05, 3.63) is 78.9 Å². The van der Waals surface area contributed by atoms with E-state index in [1.165, 1.54) is 0 Å². The van der Waals surface area contributed by atoms with Crippen molar-refractivity contribution < 1.29 is 9.53 Å². The first kappa shape index (κ1) is 15.1. The van der Waals surface area contributed by atoms with Gasteiger partial charge in [0.1, 0.15) is 5.75 Å². The average Bonchev–Trinajstić information content (AvgIpc) is 2.60. The number of hydrogen-bond donors (Lipinski definition) is 0. The van der Waals surface area contributed by atoms with E-state index >= 15 is 0 Å². The van der Waals surface area contributed by atoms with Gasteiger partial charge in [0.15, 0.2) is 0 Å². The summed E-state index contributed by atoms with van der Waals surface area (Å²) >= 11 is 0. The van der Waals surface area contributed by atoms with Crippen LogP contribution < -0.4 is 9.64 Å². The Labute approximate surface area is 136 Å². The second-order valence-electron chi connectivity index (χ2n) is 5.43. The van der Waals surface area contributed by atoms with Crippen LogP contribution in [0.2, 0.25) is 0 Å². The van der Waals surface area contributed by atoms with Gasteiger partial charge in [-0.05, 0) is 29.8 Å². The number of nitrogens with zero attached hydrogens (tertiary/aromatic N) is 1. The normalized spacial score (nSPS) is 20.4. The number of hydrogen-bond acceptors (Lipinski definition) is 2. The third-order valence-corrected chi connectivity index (χ3v) is 4.08. The van der Waals surface area contributed by atoms with Crippen molar-refractivity contribution >= 4 is 17.7 Å². The fourth-order valence-corrected chi connectivity index (χ4v) is 2.79. The van der Waals surface area contributed by atoms with Gasteiger partial charge in [-0.1, -0.05) is 48.6 Å². The maximum atomic E-state index is 12.4. The van der Waals surface area contributed by atoms with Crippen LogP contribution in [0, 0.1) is 5.92 Å². The summed E-state index contributed by atoms with van der Waals surface area (Å²) in [4.78, 5) is 14.2. The second-order valence-corrected chi connectivity index (χ2v) is 5.43. The average molecular weight is 305 g/mol. The maximum absolute atomic E-state index is 12.4. The van der Waals surface area contributed by atoms with Crippen molar-refractivity contribution in [2.45, 2.75) is 6.04 Å². The van der Waals surface area contributed by atoms with E-state index in [1.807, 2.05) is 60.7 Å². The summed E-state index contributed by atoms with van der Waals surface area (Å²) in [5.41, 5.74) is 1.99. The number of benzene rings is 2. The van der Waals surface area contributed by atoms with Crippen molar-refractivity contribution in [1.82, 2.24) is 0 Å². The number of amides is 1. The van der Waals surface area contributed by atoms with Gasteiger partial charge in [0.25, 0.3) is 0 Å². The Bertz CT molecular complexity index is 719. The highest BCUT2D eigenvalue weighted by atomic mass is 16.5. The molecule has 0 aromatic heterocycles. The molecule has 1 amide bonds. The monoisotopic (exact) mass is 305 g/mol. The van der Waals surface area contributed by atoms with Gasteiger partial charge in [-0.3, -0.25) is 4.79 Å². The summed E-state index contributed by atoms with van der Waals surface area (Å²) in [5, 5.41) is 0. The molecule has 116 valence electrons. The minimum atomic E-state index is -0.169. The first-order valence-corrected chi connectivity index (χ1v) is 7.57. The van der Waals surface area contributed by atoms with Crippen LogP contribution in [0.25, 0.3) is 6.08 Å². The lowest BCUT2D eigenvalue weighted by molar-refractivity contribution is -0.126. The van der Waals surface area contributed by atoms with Crippen LogP contribution in [-0.4, -0.2) is 19.1 Å². The van der Waals surface area contributed by atoms with Crippen LogP contribution in [0.15, 0.2) is 73.3 Å². The van der Waals surface area contributed by atoms with E-state index in [2.05, 4.69) is 12.7 Å². The van der Waals surface area contributed by atoms with E-state index in [1.54, 1.807) is 18.1 Å². The van der Waals surface area contributed by atoms with Gasteiger partial charge in [0.05, 0.1) is 19.1 Å². The van der Waals surface area contributed by atoms with Crippen molar-refractivity contribution in [2.75, 3.05) is 12.0 Å². The molecule has 2 aromatic carbocycles. The molecule has 0 aliphatic carbocycles. The van der Waals surface area contributed by atoms with Crippen molar-refractivity contribution in [3.63, 3.8) is 0 Å². The number of methoxy groups -OCH3 is 1. The zero-order chi connectivity index (χ0) is 16.2. The molecular formula is C20H19NO2. The first-order valence-electron chi connectivity index (χ1n) is 7.57. The Hall–Kier alpha value is -2.81. The molecule has 1 saturated heterocycles. The molecule has 0 spiro atoms. The third-order valence-electron chi connectivity index (χ3n) is 4.08. The van der Waals surface area contributed by atoms with Gasteiger partial charge in [-0.15, -0.1) is 6.58 Å². The second kappa shape index (κ2) is 6.53. The van der Waals surface area contributed by atoms with Crippen LogP contribution in [-0.2, 0) is 4.79 Å². The van der Waals surface area contributed by atoms with Gasteiger partial charge >= 0.3 is 0 Å². The van der Waals surface area contributed by atoms with E-state index in [-0.39, 0.29) is 17.9 Å². The predicted molar refractivity (Wildman–Crippen MR) is 93.4 cm³/mol. The zero-order valence-electron chi connectivity index (χ0n) is 13.1. The fraction of sp³-hybridized carbons (Fsp3) is 0.150. The largest absolute Gasteiger partial charge is 0.497 e. The van der Waals surface area contributed by atoms with E-state index < -0.39 is 0 Å². The summed E-state index contributed by atoms with van der Waals surface area (Å²) in [6.07, 6.45) is 5.83. The first-order chi connectivity index (χ1) is 11.2. The Morgan fingerprint density at radius 2 is 1.78 bits per heavy atom. The van der Waals surface area contributed by atoms with Crippen LogP contribution >= 0.6 is 0 Å². The van der Waals surface area contributed by atoms with Gasteiger partial charge in [-0.25, -0.2) is 0 Å². The highest BCUT2D eigenvalue weighted by molar-refractivity contribution is 6.05. The standard InChI is InChI=1S/C20H19NO2/c1-3-18-19(14-9-15-7-5-4-6-8-15)21(20(18)22)16-10-12-17(23-2)13-11-16/h3-14,18-19H,1H2,2H3/b14-9+/t18-,19-/m1/s1. The lowest BCUT2D eigenvalue weighted by Gasteiger charge is -2.44. The Balaban J connectivity index is 1.84. The summed E-state index contributed by atoms with van der Waals surface area (Å²) < 4.78 is 5.17. The minimum absolute atomic E-state index is 0.00592. The molecule has 0 radical (unpaired) electrons. The molecule has 1 aliphatic rings. The number of rotatable bonds is 5. The Morgan fingerprint density at radius 3 is 2.39 bits per heavy atom. The molecule has 3 rings (SSSR count). The predicted octanol–water partition coefficient (Wildman–Crippen LogP) is 3.93. The number of anilines is 1. The summed E-state index contributed by atoms with van der Waals surface area (Å²) in [7, 11) is 1.63. The lowest BCUT2D eigenvalue weighted by atomic mass is 9.86. The summed E-state index contributed by atoms with van der Waals surface area (Å²) in [6.45, 7) is 3.79. The topological polar surface area (TPSA) is 29.5 Å². The van der Waals surface area contributed by atoms with Gasteiger partial charge in [-0.2, -0.15) is 0 Å². The van der Waals surface area contributed by atoms with Crippen LogP contribution in [0.1, 0.15) is 5.56 Å². The molecular weight excluding hydrogens is 286 g/mol. The maximum Gasteiger partial charge on any atom is 0.236 e. The number of ether oxygens (including phenoxy) is 1. The van der Waals surface area contributed by atoms with Crippen molar-refractivity contribution in [3.8, 4) is 5.75 Å². The van der Waals surface area contributed by atoms with E-state index in [9.17, 15) is 4.79 Å². The highest BCUT2D eigenvalue weighted by Gasteiger charge is 2.44. The number of β-lactam (4-membered cyclic amide) rings is 1. The minimum Gasteiger partial charge on any atom is -0.497 e. The molecule has 1 aliphatic heterocycles. The van der Waals surface area contributed by atoms with Crippen molar-refractivity contribution in [2.24, 2.45) is 5.92 Å². The van der Waals surface area contributed by atoms with Gasteiger partial charge < -0.3 is 9.64 Å². The lowest BCUT2D eigenvalue weighted by Crippen LogP contribution is -2.59. The summed E-state index contributed by atoms with van der Waals surface area (Å²) in [6, 6.07) is 17.6. The third kappa shape index (κ3) is 2.90. The highest BCUT2D eigenvalue weighted by Crippen LogP contribution is 2.35. The van der Waals surface area contributed by atoms with E-state index in [4.69, 9.17) is 4.74 Å². The molecule has 0 N–H and O–H groups in total. The number of carbonyl (C=O) groups is 1. The SMILES string of the molecule is C=C[C@H]1C(=O)N(c2ccc(OC)cc2)[C@@H]1/C=C/c1ccccc1. The molecule has 23 heavy (non-hydrogen) atoms. The molecule has 0 unspecified atom stereocenters. The van der Waals surface area contributed by atoms with E-state index in [0.717, 1.165) is 17.0 Å². The molecule has 3 nitrogen and oxygen atoms in total.